The van der Waals surface area contributed by atoms with Gasteiger partial charge in [0.15, 0.2) is 0 Å². The molecule has 20 heavy (non-hydrogen) atoms. The first-order chi connectivity index (χ1) is 9.49. The number of hydrogen-bond acceptors (Lipinski definition) is 1. The Bertz CT molecular complexity index is 226. The van der Waals surface area contributed by atoms with E-state index in [4.69, 9.17) is 15.5 Å². The van der Waals surface area contributed by atoms with E-state index in [1.807, 2.05) is 19.2 Å². The molecule has 0 radical (unpaired) electrons. The maximum atomic E-state index is 6.27. The summed E-state index contributed by atoms with van der Waals surface area (Å²) >= 11 is 6.27. The van der Waals surface area contributed by atoms with Crippen molar-refractivity contribution in [2.45, 2.75) is 96.8 Å². The highest BCUT2D eigenvalue weighted by atomic mass is 35.6. The maximum Gasteiger partial charge on any atom is 0.284 e. The molecule has 0 aliphatic heterocycles. The van der Waals surface area contributed by atoms with Gasteiger partial charge in [-0.15, -0.1) is 17.7 Å². The summed E-state index contributed by atoms with van der Waals surface area (Å²) in [5, 5.41) is 0. The number of hydrogen-bond donors (Lipinski definition) is 0. The normalized spacial score (nSPS) is 13.4. The standard InChI is InChI=1S/C17H35ClOSi/c1-5-7-8-9-10-11-12-13-14-16-17(15-6-2)19-20(3,4)18/h6,17H,2,5,7-16H2,1,3-4H3. The third kappa shape index (κ3) is 14.6. The van der Waals surface area contributed by atoms with Gasteiger partial charge >= 0.3 is 0 Å². The molecule has 3 heteroatoms. The van der Waals surface area contributed by atoms with Crippen molar-refractivity contribution >= 4 is 18.7 Å². The van der Waals surface area contributed by atoms with Crippen LogP contribution in [0.2, 0.25) is 13.1 Å². The van der Waals surface area contributed by atoms with E-state index in [0.717, 1.165) is 12.8 Å². The SMILES string of the molecule is C=CCC(CCCCCCCCCCC)O[Si](C)(C)Cl. The molecule has 1 nitrogen and oxygen atoms in total. The van der Waals surface area contributed by atoms with Gasteiger partial charge in [-0.25, -0.2) is 0 Å². The Kier molecular flexibility index (Phi) is 13.0. The molecule has 0 amide bonds. The number of halogens is 1. The Labute approximate surface area is 133 Å². The number of unbranched alkanes of at least 4 members (excludes halogenated alkanes) is 8. The lowest BCUT2D eigenvalue weighted by Crippen LogP contribution is -2.29. The first-order valence-corrected chi connectivity index (χ1v) is 12.4. The summed E-state index contributed by atoms with van der Waals surface area (Å²) in [4.78, 5) is 0. The summed E-state index contributed by atoms with van der Waals surface area (Å²) in [5.74, 6) is 0. The zero-order chi connectivity index (χ0) is 15.3. The minimum absolute atomic E-state index is 0.288. The third-order valence-corrected chi connectivity index (χ3v) is 4.67. The molecular formula is C17H35ClOSi. The molecular weight excluding hydrogens is 284 g/mol. The summed E-state index contributed by atoms with van der Waals surface area (Å²) in [7, 11) is -1.93. The second kappa shape index (κ2) is 12.9. The fourth-order valence-electron chi connectivity index (χ4n) is 2.49. The Balaban J connectivity index is 3.51. The van der Waals surface area contributed by atoms with Crippen LogP contribution in [0.3, 0.4) is 0 Å². The van der Waals surface area contributed by atoms with Gasteiger partial charge < -0.3 is 4.43 Å². The van der Waals surface area contributed by atoms with Crippen LogP contribution < -0.4 is 0 Å². The Morgan fingerprint density at radius 1 is 1.00 bits per heavy atom. The molecule has 0 fully saturated rings. The second-order valence-electron chi connectivity index (χ2n) is 6.24. The molecule has 0 aliphatic rings. The van der Waals surface area contributed by atoms with Crippen molar-refractivity contribution in [1.82, 2.24) is 0 Å². The van der Waals surface area contributed by atoms with E-state index in [2.05, 4.69) is 13.5 Å². The molecule has 0 heterocycles. The summed E-state index contributed by atoms with van der Waals surface area (Å²) in [6.07, 6.45) is 16.6. The highest BCUT2D eigenvalue weighted by molar-refractivity contribution is 7.15. The van der Waals surface area contributed by atoms with Crippen molar-refractivity contribution in [2.24, 2.45) is 0 Å². The summed E-state index contributed by atoms with van der Waals surface area (Å²) in [6, 6.07) is 0. The van der Waals surface area contributed by atoms with E-state index in [9.17, 15) is 0 Å². The fourth-order valence-corrected chi connectivity index (χ4v) is 3.87. The van der Waals surface area contributed by atoms with Crippen LogP contribution in [0.1, 0.15) is 77.6 Å². The van der Waals surface area contributed by atoms with Crippen molar-refractivity contribution in [3.8, 4) is 0 Å². The van der Waals surface area contributed by atoms with Crippen LogP contribution in [0.25, 0.3) is 0 Å². The average Bonchev–Trinajstić information content (AvgIpc) is 2.35. The molecule has 0 aromatic carbocycles. The quantitative estimate of drug-likeness (QED) is 0.148. The summed E-state index contributed by atoms with van der Waals surface area (Å²) < 4.78 is 5.98. The Morgan fingerprint density at radius 2 is 1.50 bits per heavy atom. The van der Waals surface area contributed by atoms with Gasteiger partial charge in [0.1, 0.15) is 0 Å². The van der Waals surface area contributed by atoms with Crippen molar-refractivity contribution in [3.05, 3.63) is 12.7 Å². The van der Waals surface area contributed by atoms with Crippen LogP contribution in [0.4, 0.5) is 0 Å². The average molecular weight is 319 g/mol. The molecule has 0 spiro atoms. The largest absolute Gasteiger partial charge is 0.400 e. The van der Waals surface area contributed by atoms with Gasteiger partial charge in [-0.3, -0.25) is 0 Å². The van der Waals surface area contributed by atoms with Crippen LogP contribution in [0, 0.1) is 0 Å². The zero-order valence-electron chi connectivity index (χ0n) is 13.9. The van der Waals surface area contributed by atoms with E-state index >= 15 is 0 Å². The summed E-state index contributed by atoms with van der Waals surface area (Å²) in [6.45, 7) is 10.2. The van der Waals surface area contributed by atoms with Crippen molar-refractivity contribution < 1.29 is 4.43 Å². The second-order valence-corrected chi connectivity index (χ2v) is 11.9. The lowest BCUT2D eigenvalue weighted by Gasteiger charge is -2.23. The van der Waals surface area contributed by atoms with Crippen LogP contribution in [-0.4, -0.2) is 13.7 Å². The molecule has 0 aliphatic carbocycles. The van der Waals surface area contributed by atoms with Gasteiger partial charge in [-0.05, 0) is 25.9 Å². The Hall–Kier alpha value is 0.207. The molecule has 0 rings (SSSR count). The third-order valence-electron chi connectivity index (χ3n) is 3.51. The van der Waals surface area contributed by atoms with Crippen molar-refractivity contribution in [1.29, 1.82) is 0 Å². The van der Waals surface area contributed by atoms with E-state index in [0.29, 0.717) is 0 Å². The predicted molar refractivity (Wildman–Crippen MR) is 94.9 cm³/mol. The van der Waals surface area contributed by atoms with Gasteiger partial charge in [0.25, 0.3) is 7.63 Å². The van der Waals surface area contributed by atoms with Crippen LogP contribution in [-0.2, 0) is 4.43 Å². The van der Waals surface area contributed by atoms with Gasteiger partial charge in [0.05, 0.1) is 0 Å². The summed E-state index contributed by atoms with van der Waals surface area (Å²) in [5.41, 5.74) is 0. The monoisotopic (exact) mass is 318 g/mol. The lowest BCUT2D eigenvalue weighted by molar-refractivity contribution is 0.188. The van der Waals surface area contributed by atoms with Crippen LogP contribution in [0.15, 0.2) is 12.7 Å². The minimum Gasteiger partial charge on any atom is -0.400 e. The van der Waals surface area contributed by atoms with Crippen LogP contribution in [0.5, 0.6) is 0 Å². The Morgan fingerprint density at radius 3 is 1.95 bits per heavy atom. The highest BCUT2D eigenvalue weighted by Gasteiger charge is 2.23. The molecule has 0 aromatic heterocycles. The first kappa shape index (κ1) is 20.2. The molecule has 0 saturated heterocycles. The molecule has 0 N–H and O–H groups in total. The fraction of sp³-hybridized carbons (Fsp3) is 0.882. The zero-order valence-corrected chi connectivity index (χ0v) is 15.7. The highest BCUT2D eigenvalue weighted by Crippen LogP contribution is 2.20. The molecule has 1 atom stereocenters. The predicted octanol–water partition coefficient (Wildman–Crippen LogP) is 6.81. The molecule has 120 valence electrons. The first-order valence-electron chi connectivity index (χ1n) is 8.47. The van der Waals surface area contributed by atoms with E-state index < -0.39 is 7.63 Å². The minimum atomic E-state index is -1.93. The van der Waals surface area contributed by atoms with Crippen LogP contribution >= 0.6 is 11.1 Å². The van der Waals surface area contributed by atoms with Crippen molar-refractivity contribution in [2.75, 3.05) is 0 Å². The van der Waals surface area contributed by atoms with Crippen molar-refractivity contribution in [3.63, 3.8) is 0 Å². The lowest BCUT2D eigenvalue weighted by atomic mass is 10.0. The van der Waals surface area contributed by atoms with Gasteiger partial charge in [0.2, 0.25) is 0 Å². The number of rotatable bonds is 14. The van der Waals surface area contributed by atoms with Gasteiger partial charge in [-0.1, -0.05) is 70.8 Å². The smallest absolute Gasteiger partial charge is 0.284 e. The maximum absolute atomic E-state index is 6.27. The van der Waals surface area contributed by atoms with Gasteiger partial charge in [0, 0.05) is 6.10 Å². The molecule has 1 unspecified atom stereocenters. The van der Waals surface area contributed by atoms with E-state index in [1.54, 1.807) is 0 Å². The molecule has 0 saturated carbocycles. The van der Waals surface area contributed by atoms with Gasteiger partial charge in [-0.2, -0.15) is 0 Å². The van der Waals surface area contributed by atoms with E-state index in [-0.39, 0.29) is 6.10 Å². The topological polar surface area (TPSA) is 9.23 Å². The molecule has 0 aromatic rings. The molecule has 0 bridgehead atoms. The van der Waals surface area contributed by atoms with E-state index in [1.165, 1.54) is 57.8 Å².